The van der Waals surface area contributed by atoms with Crippen molar-refractivity contribution in [3.05, 3.63) is 35.9 Å². The van der Waals surface area contributed by atoms with Crippen molar-refractivity contribution >= 4 is 5.97 Å². The molecule has 2 saturated carbocycles. The Balaban J connectivity index is 1.17. The molecule has 3 aliphatic rings. The molecule has 3 fully saturated rings. The first kappa shape index (κ1) is 25.6. The summed E-state index contributed by atoms with van der Waals surface area (Å²) in [4.78, 5) is 15.1. The summed E-state index contributed by atoms with van der Waals surface area (Å²) in [5.41, 5.74) is 1.08. The van der Waals surface area contributed by atoms with Crippen molar-refractivity contribution in [2.45, 2.75) is 95.7 Å². The van der Waals surface area contributed by atoms with Gasteiger partial charge >= 0.3 is 5.97 Å². The summed E-state index contributed by atoms with van der Waals surface area (Å²) in [5.74, 6) is 0.246. The molecule has 6 nitrogen and oxygen atoms in total. The van der Waals surface area contributed by atoms with Gasteiger partial charge in [0.1, 0.15) is 0 Å². The molecule has 4 rings (SSSR count). The SMILES string of the molecule is CCOC(=O)C(CC1CCC(OCCN2CCOC3CCCCC32)CC1)OCc1ccccc1. The summed E-state index contributed by atoms with van der Waals surface area (Å²) in [5, 5.41) is 0. The highest BCUT2D eigenvalue weighted by Crippen LogP contribution is 2.31. The molecular weight excluding hydrogens is 430 g/mol. The molecule has 0 radical (unpaired) electrons. The smallest absolute Gasteiger partial charge is 0.335 e. The van der Waals surface area contributed by atoms with Gasteiger partial charge in [-0.2, -0.15) is 0 Å². The number of hydrogen-bond donors (Lipinski definition) is 0. The number of carbonyl (C=O) groups is 1. The second-order valence-corrected chi connectivity index (χ2v) is 10.1. The fourth-order valence-electron chi connectivity index (χ4n) is 5.87. The summed E-state index contributed by atoms with van der Waals surface area (Å²) < 4.78 is 23.6. The van der Waals surface area contributed by atoms with Gasteiger partial charge in [0.05, 0.1) is 38.6 Å². The lowest BCUT2D eigenvalue weighted by molar-refractivity contribution is -0.159. The number of benzene rings is 1. The molecular formula is C28H43NO5. The van der Waals surface area contributed by atoms with Gasteiger partial charge in [0.15, 0.2) is 6.10 Å². The molecule has 3 atom stereocenters. The highest BCUT2D eigenvalue weighted by atomic mass is 16.6. The number of ether oxygens (including phenoxy) is 4. The maximum atomic E-state index is 12.5. The minimum Gasteiger partial charge on any atom is -0.464 e. The predicted octanol–water partition coefficient (Wildman–Crippen LogP) is 4.74. The summed E-state index contributed by atoms with van der Waals surface area (Å²) in [7, 11) is 0. The van der Waals surface area contributed by atoms with Gasteiger partial charge in [-0.15, -0.1) is 0 Å². The Bertz CT molecular complexity index is 719. The van der Waals surface area contributed by atoms with E-state index in [4.69, 9.17) is 18.9 Å². The summed E-state index contributed by atoms with van der Waals surface area (Å²) >= 11 is 0. The van der Waals surface area contributed by atoms with E-state index in [0.29, 0.717) is 37.4 Å². The van der Waals surface area contributed by atoms with Gasteiger partial charge in [-0.3, -0.25) is 4.90 Å². The zero-order valence-electron chi connectivity index (χ0n) is 20.9. The van der Waals surface area contributed by atoms with Crippen LogP contribution in [0.15, 0.2) is 30.3 Å². The number of fused-ring (bicyclic) bond motifs is 1. The first-order chi connectivity index (χ1) is 16.7. The number of hydrogen-bond acceptors (Lipinski definition) is 6. The molecule has 1 saturated heterocycles. The van der Waals surface area contributed by atoms with E-state index in [2.05, 4.69) is 4.90 Å². The number of nitrogens with zero attached hydrogens (tertiary/aromatic N) is 1. The Kier molecular flexibility index (Phi) is 10.2. The van der Waals surface area contributed by atoms with E-state index < -0.39 is 6.10 Å². The minimum absolute atomic E-state index is 0.233. The van der Waals surface area contributed by atoms with Crippen LogP contribution < -0.4 is 0 Å². The van der Waals surface area contributed by atoms with Crippen LogP contribution in [0.1, 0.15) is 70.3 Å². The topological polar surface area (TPSA) is 57.2 Å². The van der Waals surface area contributed by atoms with Crippen LogP contribution in [0.25, 0.3) is 0 Å². The van der Waals surface area contributed by atoms with Gasteiger partial charge < -0.3 is 18.9 Å². The van der Waals surface area contributed by atoms with Crippen LogP contribution in [0.3, 0.4) is 0 Å². The third kappa shape index (κ3) is 7.51. The normalized spacial score (nSPS) is 28.7. The lowest BCUT2D eigenvalue weighted by Gasteiger charge is -2.44. The van der Waals surface area contributed by atoms with Crippen molar-refractivity contribution in [1.29, 1.82) is 0 Å². The van der Waals surface area contributed by atoms with Gasteiger partial charge in [-0.1, -0.05) is 43.2 Å². The second-order valence-electron chi connectivity index (χ2n) is 10.1. The lowest BCUT2D eigenvalue weighted by Crippen LogP contribution is -2.53. The van der Waals surface area contributed by atoms with Crippen LogP contribution >= 0.6 is 0 Å². The van der Waals surface area contributed by atoms with E-state index in [9.17, 15) is 4.79 Å². The monoisotopic (exact) mass is 473 g/mol. The van der Waals surface area contributed by atoms with E-state index in [0.717, 1.165) is 64.0 Å². The number of rotatable bonds is 11. The first-order valence-corrected chi connectivity index (χ1v) is 13.5. The minimum atomic E-state index is -0.493. The molecule has 3 unspecified atom stereocenters. The molecule has 0 bridgehead atoms. The predicted molar refractivity (Wildman–Crippen MR) is 132 cm³/mol. The summed E-state index contributed by atoms with van der Waals surface area (Å²) in [6.07, 6.45) is 10.4. The van der Waals surface area contributed by atoms with E-state index in [1.165, 1.54) is 25.7 Å². The van der Waals surface area contributed by atoms with Crippen molar-refractivity contribution in [3.63, 3.8) is 0 Å². The molecule has 6 heteroatoms. The van der Waals surface area contributed by atoms with Gasteiger partial charge in [0.2, 0.25) is 0 Å². The molecule has 0 aromatic heterocycles. The molecule has 0 amide bonds. The number of morpholine rings is 1. The summed E-state index contributed by atoms with van der Waals surface area (Å²) in [6, 6.07) is 10.6. The zero-order chi connectivity index (χ0) is 23.6. The maximum Gasteiger partial charge on any atom is 0.335 e. The van der Waals surface area contributed by atoms with Crippen molar-refractivity contribution in [2.75, 3.05) is 32.9 Å². The number of carbonyl (C=O) groups excluding carboxylic acids is 1. The van der Waals surface area contributed by atoms with Crippen LogP contribution in [-0.2, 0) is 30.3 Å². The van der Waals surface area contributed by atoms with Crippen molar-refractivity contribution in [3.8, 4) is 0 Å². The van der Waals surface area contributed by atoms with Gasteiger partial charge in [0.25, 0.3) is 0 Å². The quantitative estimate of drug-likeness (QED) is 0.433. The van der Waals surface area contributed by atoms with Crippen molar-refractivity contribution < 1.29 is 23.7 Å². The van der Waals surface area contributed by atoms with Crippen LogP contribution in [-0.4, -0.2) is 68.1 Å². The molecule has 1 aromatic rings. The average molecular weight is 474 g/mol. The Labute approximate surface area is 205 Å². The molecule has 2 aliphatic carbocycles. The van der Waals surface area contributed by atoms with Crippen LogP contribution in [0.4, 0.5) is 0 Å². The molecule has 0 spiro atoms. The molecule has 1 aromatic carbocycles. The third-order valence-corrected chi connectivity index (χ3v) is 7.76. The van der Waals surface area contributed by atoms with Gasteiger partial charge in [-0.25, -0.2) is 4.79 Å². The Morgan fingerprint density at radius 2 is 1.88 bits per heavy atom. The molecule has 1 aliphatic heterocycles. The van der Waals surface area contributed by atoms with Crippen molar-refractivity contribution in [1.82, 2.24) is 4.90 Å². The largest absolute Gasteiger partial charge is 0.464 e. The lowest BCUT2D eigenvalue weighted by atomic mass is 9.84. The van der Waals surface area contributed by atoms with Crippen LogP contribution in [0.5, 0.6) is 0 Å². The number of esters is 1. The second kappa shape index (κ2) is 13.6. The fraction of sp³-hybridized carbons (Fsp3) is 0.750. The summed E-state index contributed by atoms with van der Waals surface area (Å²) in [6.45, 7) is 6.39. The average Bonchev–Trinajstić information content (AvgIpc) is 2.88. The molecule has 0 N–H and O–H groups in total. The van der Waals surface area contributed by atoms with E-state index >= 15 is 0 Å². The Morgan fingerprint density at radius 3 is 2.68 bits per heavy atom. The standard InChI is InChI=1S/C28H43NO5/c1-2-31-28(30)27(34-21-23-8-4-3-5-9-23)20-22-12-14-24(15-13-22)32-18-16-29-17-19-33-26-11-7-6-10-25(26)29/h3-5,8-9,22,24-27H,2,6-7,10-21H2,1H3. The first-order valence-electron chi connectivity index (χ1n) is 13.5. The Hall–Kier alpha value is -1.47. The fourth-order valence-corrected chi connectivity index (χ4v) is 5.87. The van der Waals surface area contributed by atoms with Crippen molar-refractivity contribution in [2.24, 2.45) is 5.92 Å². The van der Waals surface area contributed by atoms with Crippen LogP contribution in [0.2, 0.25) is 0 Å². The zero-order valence-corrected chi connectivity index (χ0v) is 20.9. The van der Waals surface area contributed by atoms with Gasteiger partial charge in [-0.05, 0) is 63.4 Å². The van der Waals surface area contributed by atoms with Crippen LogP contribution in [0, 0.1) is 5.92 Å². The molecule has 1 heterocycles. The van der Waals surface area contributed by atoms with Gasteiger partial charge in [0, 0.05) is 19.1 Å². The molecule has 34 heavy (non-hydrogen) atoms. The third-order valence-electron chi connectivity index (χ3n) is 7.76. The van der Waals surface area contributed by atoms with E-state index in [1.54, 1.807) is 0 Å². The molecule has 190 valence electrons. The Morgan fingerprint density at radius 1 is 1.09 bits per heavy atom. The van der Waals surface area contributed by atoms with E-state index in [-0.39, 0.29) is 5.97 Å². The maximum absolute atomic E-state index is 12.5. The highest BCUT2D eigenvalue weighted by molar-refractivity contribution is 5.74. The van der Waals surface area contributed by atoms with E-state index in [1.807, 2.05) is 37.3 Å². The highest BCUT2D eigenvalue weighted by Gasteiger charge is 2.34.